The van der Waals surface area contributed by atoms with E-state index in [-0.39, 0.29) is 48.2 Å². The number of aromatic nitrogens is 2. The molecule has 13 heteroatoms. The lowest BCUT2D eigenvalue weighted by Gasteiger charge is -2.56. The van der Waals surface area contributed by atoms with Gasteiger partial charge in [0, 0.05) is 6.07 Å². The summed E-state index contributed by atoms with van der Waals surface area (Å²) in [5, 5.41) is 13.3. The van der Waals surface area contributed by atoms with Crippen LogP contribution in [0.4, 0.5) is 17.6 Å². The molecule has 2 aromatic carbocycles. The summed E-state index contributed by atoms with van der Waals surface area (Å²) in [5.74, 6) is -0.980. The SMILES string of the molecule is O=C(COc1ccc(Cl)c(F)c1)NC12CCC(PC(=O)c3cnc4cc(C(F)(F)F)ccc4n3)(CC1)C[C@@H]2O. The first-order chi connectivity index (χ1) is 18.4. The van der Waals surface area contributed by atoms with Crippen molar-refractivity contribution >= 4 is 42.6 Å². The summed E-state index contributed by atoms with van der Waals surface area (Å²) in [5.41, 5.74) is -1.67. The van der Waals surface area contributed by atoms with Crippen LogP contribution in [0.2, 0.25) is 5.02 Å². The van der Waals surface area contributed by atoms with Gasteiger partial charge in [-0.2, -0.15) is 13.2 Å². The predicted molar refractivity (Wildman–Crippen MR) is 137 cm³/mol. The molecular formula is C26H23ClF4N3O4P. The van der Waals surface area contributed by atoms with Crippen LogP contribution in [-0.2, 0) is 11.0 Å². The molecule has 6 rings (SSSR count). The number of fused-ring (bicyclic) bond motifs is 4. The number of aliphatic hydroxyl groups is 1. The summed E-state index contributed by atoms with van der Waals surface area (Å²) in [6.45, 7) is -0.369. The number of nitrogens with zero attached hydrogens (tertiary/aromatic N) is 2. The van der Waals surface area contributed by atoms with Crippen molar-refractivity contribution in [3.05, 3.63) is 64.7 Å². The summed E-state index contributed by atoms with van der Waals surface area (Å²) in [4.78, 5) is 34.0. The number of amides is 1. The number of alkyl halides is 3. The number of ether oxygens (including phenoxy) is 1. The number of benzene rings is 2. The van der Waals surface area contributed by atoms with Crippen molar-refractivity contribution in [3.8, 4) is 5.75 Å². The van der Waals surface area contributed by atoms with Gasteiger partial charge in [0.25, 0.3) is 5.91 Å². The molecule has 2 atom stereocenters. The van der Waals surface area contributed by atoms with E-state index in [1.807, 2.05) is 0 Å². The van der Waals surface area contributed by atoms with Crippen molar-refractivity contribution in [2.75, 3.05) is 6.61 Å². The van der Waals surface area contributed by atoms with Gasteiger partial charge in [-0.15, -0.1) is 0 Å². The molecule has 0 radical (unpaired) electrons. The van der Waals surface area contributed by atoms with E-state index in [0.29, 0.717) is 32.1 Å². The lowest BCUT2D eigenvalue weighted by molar-refractivity contribution is -0.137. The van der Waals surface area contributed by atoms with E-state index in [2.05, 4.69) is 15.3 Å². The highest BCUT2D eigenvalue weighted by Crippen LogP contribution is 2.57. The molecule has 3 aliphatic carbocycles. The van der Waals surface area contributed by atoms with Crippen LogP contribution < -0.4 is 10.1 Å². The average molecular weight is 584 g/mol. The molecule has 0 spiro atoms. The molecule has 206 valence electrons. The van der Waals surface area contributed by atoms with Crippen molar-refractivity contribution in [2.45, 2.75) is 55.1 Å². The van der Waals surface area contributed by atoms with Crippen LogP contribution in [0.3, 0.4) is 0 Å². The molecule has 2 bridgehead atoms. The van der Waals surface area contributed by atoms with Gasteiger partial charge < -0.3 is 15.2 Å². The van der Waals surface area contributed by atoms with E-state index >= 15 is 0 Å². The second-order valence-corrected chi connectivity index (χ2v) is 12.2. The van der Waals surface area contributed by atoms with Gasteiger partial charge in [-0.3, -0.25) is 14.6 Å². The average Bonchev–Trinajstić information content (AvgIpc) is 2.89. The van der Waals surface area contributed by atoms with Crippen LogP contribution >= 0.6 is 20.2 Å². The van der Waals surface area contributed by atoms with E-state index in [9.17, 15) is 32.3 Å². The smallest absolute Gasteiger partial charge is 0.416 e. The van der Waals surface area contributed by atoms with Crippen molar-refractivity contribution in [1.29, 1.82) is 0 Å². The zero-order chi connectivity index (χ0) is 28.0. The predicted octanol–water partition coefficient (Wildman–Crippen LogP) is 5.27. The third kappa shape index (κ3) is 5.71. The first-order valence-electron chi connectivity index (χ1n) is 12.1. The van der Waals surface area contributed by atoms with Crippen LogP contribution in [-0.4, -0.2) is 49.9 Å². The molecule has 3 aliphatic rings. The third-order valence-electron chi connectivity index (χ3n) is 7.45. The number of carbonyl (C=O) groups excluding carboxylic acids is 2. The van der Waals surface area contributed by atoms with E-state index in [1.54, 1.807) is 0 Å². The van der Waals surface area contributed by atoms with E-state index < -0.39 is 40.3 Å². The first-order valence-corrected chi connectivity index (χ1v) is 13.5. The maximum Gasteiger partial charge on any atom is 0.416 e. The summed E-state index contributed by atoms with van der Waals surface area (Å²) < 4.78 is 57.8. The highest BCUT2D eigenvalue weighted by atomic mass is 35.5. The summed E-state index contributed by atoms with van der Waals surface area (Å²) >= 11 is 5.65. The van der Waals surface area contributed by atoms with Gasteiger partial charge in [-0.1, -0.05) is 11.6 Å². The molecule has 1 heterocycles. The van der Waals surface area contributed by atoms with Gasteiger partial charge in [-0.25, -0.2) is 9.37 Å². The lowest BCUT2D eigenvalue weighted by Crippen LogP contribution is -2.66. The number of hydrogen-bond donors (Lipinski definition) is 2. The van der Waals surface area contributed by atoms with Gasteiger partial charge in [0.05, 0.1) is 39.5 Å². The minimum absolute atomic E-state index is 0.0410. The van der Waals surface area contributed by atoms with Crippen molar-refractivity contribution in [3.63, 3.8) is 0 Å². The molecule has 0 aliphatic heterocycles. The molecule has 3 fully saturated rings. The van der Waals surface area contributed by atoms with Crippen molar-refractivity contribution < 1.29 is 37.0 Å². The minimum atomic E-state index is -4.51. The maximum absolute atomic E-state index is 13.6. The minimum Gasteiger partial charge on any atom is -0.484 e. The van der Waals surface area contributed by atoms with Crippen LogP contribution in [0.1, 0.15) is 48.2 Å². The zero-order valence-electron chi connectivity index (χ0n) is 20.3. The molecular weight excluding hydrogens is 561 g/mol. The van der Waals surface area contributed by atoms with Gasteiger partial charge in [0.2, 0.25) is 5.52 Å². The number of carbonyl (C=O) groups is 2. The molecule has 1 unspecified atom stereocenters. The van der Waals surface area contributed by atoms with Gasteiger partial charge in [0.1, 0.15) is 17.3 Å². The molecule has 1 aromatic heterocycles. The Morgan fingerprint density at radius 1 is 1.13 bits per heavy atom. The van der Waals surface area contributed by atoms with Gasteiger partial charge in [0.15, 0.2) is 6.61 Å². The second-order valence-electron chi connectivity index (χ2n) is 9.98. The number of hydrogen-bond acceptors (Lipinski definition) is 6. The van der Waals surface area contributed by atoms with Crippen molar-refractivity contribution in [1.82, 2.24) is 15.3 Å². The maximum atomic E-state index is 13.6. The van der Waals surface area contributed by atoms with E-state index in [4.69, 9.17) is 16.3 Å². The van der Waals surface area contributed by atoms with Gasteiger partial charge in [-0.05, 0) is 76.2 Å². The Morgan fingerprint density at radius 2 is 1.87 bits per heavy atom. The number of aliphatic hydroxyl groups excluding tert-OH is 1. The fourth-order valence-corrected chi connectivity index (χ4v) is 6.94. The number of rotatable bonds is 7. The monoisotopic (exact) mass is 583 g/mol. The van der Waals surface area contributed by atoms with E-state index in [0.717, 1.165) is 18.2 Å². The molecule has 39 heavy (non-hydrogen) atoms. The largest absolute Gasteiger partial charge is 0.484 e. The first kappa shape index (κ1) is 27.7. The Balaban J connectivity index is 1.21. The Kier molecular flexibility index (Phi) is 7.28. The Labute approximate surface area is 227 Å². The highest BCUT2D eigenvalue weighted by Gasteiger charge is 2.55. The summed E-state index contributed by atoms with van der Waals surface area (Å²) in [6.07, 6.45) is -1.81. The molecule has 1 amide bonds. The summed E-state index contributed by atoms with van der Waals surface area (Å²) in [6, 6.07) is 6.83. The highest BCUT2D eigenvalue weighted by molar-refractivity contribution is 7.60. The summed E-state index contributed by atoms with van der Waals surface area (Å²) in [7, 11) is -0.217. The normalized spacial score (nSPS) is 24.8. The van der Waals surface area contributed by atoms with Gasteiger partial charge >= 0.3 is 6.18 Å². The van der Waals surface area contributed by atoms with Crippen LogP contribution in [0.15, 0.2) is 42.6 Å². The molecule has 2 N–H and O–H groups in total. The Morgan fingerprint density at radius 3 is 2.54 bits per heavy atom. The zero-order valence-corrected chi connectivity index (χ0v) is 22.1. The fraction of sp³-hybridized carbons (Fsp3) is 0.385. The Bertz CT molecular complexity index is 1450. The van der Waals surface area contributed by atoms with Crippen LogP contribution in [0, 0.1) is 5.82 Å². The van der Waals surface area contributed by atoms with E-state index in [1.165, 1.54) is 24.4 Å². The molecule has 0 saturated heterocycles. The third-order valence-corrected chi connectivity index (χ3v) is 9.48. The number of nitrogens with one attached hydrogen (secondary N) is 1. The van der Waals surface area contributed by atoms with Crippen molar-refractivity contribution in [2.24, 2.45) is 0 Å². The standard InChI is InChI=1S/C26H23ClF4N3O4P/c27-16-3-2-15(10-17(16)28)38-13-22(36)34-25-7-5-24(6-8-25,11-21(25)35)39-23(37)20-12-32-19-9-14(26(29,30)31)1-4-18(19)33-20/h1-4,9-10,12,21,35,39H,5-8,11,13H2,(H,34,36)/t21-,24?,25?/m0/s1. The van der Waals surface area contributed by atoms with Crippen LogP contribution in [0.5, 0.6) is 5.75 Å². The fourth-order valence-electron chi connectivity index (χ4n) is 5.29. The molecule has 3 aromatic rings. The lowest BCUT2D eigenvalue weighted by atomic mass is 9.63. The topological polar surface area (TPSA) is 101 Å². The number of halogens is 5. The Hall–Kier alpha value is -2.88. The second kappa shape index (κ2) is 10.3. The quantitative estimate of drug-likeness (QED) is 0.290. The van der Waals surface area contributed by atoms with Crippen LogP contribution in [0.25, 0.3) is 11.0 Å². The molecule has 7 nitrogen and oxygen atoms in total. The molecule has 3 saturated carbocycles.